The van der Waals surface area contributed by atoms with Crippen molar-refractivity contribution in [1.82, 2.24) is 15.1 Å². The minimum atomic E-state index is -0.0608. The third-order valence-corrected chi connectivity index (χ3v) is 4.10. The second-order valence-corrected chi connectivity index (χ2v) is 5.86. The largest absolute Gasteiger partial charge is 0.496 e. The number of likely N-dealkylation sites (N-methyl/N-ethyl adjacent to an activating group) is 1. The van der Waals surface area contributed by atoms with E-state index in [4.69, 9.17) is 4.74 Å². The van der Waals surface area contributed by atoms with E-state index in [1.807, 2.05) is 24.3 Å². The summed E-state index contributed by atoms with van der Waals surface area (Å²) in [5, 5.41) is 2.94. The van der Waals surface area contributed by atoms with Gasteiger partial charge in [0.1, 0.15) is 5.75 Å². The standard InChI is InChI=1S/C18H27N3O2/c1-20-12-14-21(15-13-20)11-5-10-19-18(22)9-8-16-6-3-4-7-17(16)23-2/h3-4,6-9H,5,10-15H2,1-2H3,(H,19,22)/b9-8+. The number of carbonyl (C=O) groups excluding carboxylic acids is 1. The number of ether oxygens (including phenoxy) is 1. The number of piperazine rings is 1. The Kier molecular flexibility index (Phi) is 7.10. The first-order valence-corrected chi connectivity index (χ1v) is 8.19. The zero-order valence-electron chi connectivity index (χ0n) is 14.1. The van der Waals surface area contributed by atoms with Crippen molar-refractivity contribution < 1.29 is 9.53 Å². The molecule has 2 rings (SSSR count). The molecular formula is C18H27N3O2. The number of hydrogen-bond donors (Lipinski definition) is 1. The maximum atomic E-state index is 11.9. The summed E-state index contributed by atoms with van der Waals surface area (Å²) >= 11 is 0. The van der Waals surface area contributed by atoms with Gasteiger partial charge in [0.15, 0.2) is 0 Å². The Bertz CT molecular complexity index is 523. The number of amides is 1. The maximum Gasteiger partial charge on any atom is 0.244 e. The first-order chi connectivity index (χ1) is 11.2. The van der Waals surface area contributed by atoms with E-state index in [2.05, 4.69) is 22.2 Å². The van der Waals surface area contributed by atoms with Gasteiger partial charge in [-0.3, -0.25) is 4.79 Å². The normalized spacial score (nSPS) is 16.6. The number of nitrogens with zero attached hydrogens (tertiary/aromatic N) is 2. The molecule has 0 spiro atoms. The summed E-state index contributed by atoms with van der Waals surface area (Å²) in [7, 11) is 3.79. The zero-order valence-corrected chi connectivity index (χ0v) is 14.1. The fraction of sp³-hybridized carbons (Fsp3) is 0.500. The topological polar surface area (TPSA) is 44.8 Å². The Morgan fingerprint density at radius 1 is 1.26 bits per heavy atom. The van der Waals surface area contributed by atoms with E-state index in [1.165, 1.54) is 0 Å². The van der Waals surface area contributed by atoms with E-state index >= 15 is 0 Å². The van der Waals surface area contributed by atoms with Crippen molar-refractivity contribution in [2.24, 2.45) is 0 Å². The average molecular weight is 317 g/mol. The van der Waals surface area contributed by atoms with Crippen molar-refractivity contribution in [3.05, 3.63) is 35.9 Å². The van der Waals surface area contributed by atoms with Crippen molar-refractivity contribution in [3.63, 3.8) is 0 Å². The summed E-state index contributed by atoms with van der Waals surface area (Å²) in [5.41, 5.74) is 0.905. The van der Waals surface area contributed by atoms with Crippen molar-refractivity contribution >= 4 is 12.0 Å². The molecule has 0 aromatic heterocycles. The van der Waals surface area contributed by atoms with Crippen LogP contribution < -0.4 is 10.1 Å². The van der Waals surface area contributed by atoms with Crippen molar-refractivity contribution in [1.29, 1.82) is 0 Å². The Morgan fingerprint density at radius 3 is 2.74 bits per heavy atom. The van der Waals surface area contributed by atoms with Gasteiger partial charge in [0.2, 0.25) is 5.91 Å². The van der Waals surface area contributed by atoms with Gasteiger partial charge >= 0.3 is 0 Å². The number of rotatable bonds is 7. The van der Waals surface area contributed by atoms with E-state index in [0.29, 0.717) is 6.54 Å². The lowest BCUT2D eigenvalue weighted by Gasteiger charge is -2.32. The molecule has 5 nitrogen and oxygen atoms in total. The van der Waals surface area contributed by atoms with E-state index < -0.39 is 0 Å². The molecule has 0 unspecified atom stereocenters. The molecule has 1 aromatic carbocycles. The quantitative estimate of drug-likeness (QED) is 0.611. The van der Waals surface area contributed by atoms with E-state index in [0.717, 1.165) is 50.5 Å². The van der Waals surface area contributed by atoms with Crippen LogP contribution in [0, 0.1) is 0 Å². The second kappa shape index (κ2) is 9.33. The molecule has 0 radical (unpaired) electrons. The summed E-state index contributed by atoms with van der Waals surface area (Å²) in [5.74, 6) is 0.709. The second-order valence-electron chi connectivity index (χ2n) is 5.86. The predicted molar refractivity (Wildman–Crippen MR) is 93.6 cm³/mol. The Hall–Kier alpha value is -1.85. The molecule has 1 N–H and O–H groups in total. The summed E-state index contributed by atoms with van der Waals surface area (Å²) in [4.78, 5) is 16.7. The van der Waals surface area contributed by atoms with Gasteiger partial charge in [-0.2, -0.15) is 0 Å². The lowest BCUT2D eigenvalue weighted by atomic mass is 10.2. The SMILES string of the molecule is COc1ccccc1/C=C/C(=O)NCCCN1CCN(C)CC1. The molecule has 1 heterocycles. The van der Waals surface area contributed by atoms with Gasteiger partial charge in [-0.1, -0.05) is 18.2 Å². The third kappa shape index (κ3) is 6.04. The molecule has 23 heavy (non-hydrogen) atoms. The summed E-state index contributed by atoms with van der Waals surface area (Å²) < 4.78 is 5.26. The van der Waals surface area contributed by atoms with Gasteiger partial charge in [0, 0.05) is 44.4 Å². The average Bonchev–Trinajstić information content (AvgIpc) is 2.58. The Labute approximate surface area is 138 Å². The first kappa shape index (κ1) is 17.5. The van der Waals surface area contributed by atoms with Gasteiger partial charge in [0.25, 0.3) is 0 Å². The third-order valence-electron chi connectivity index (χ3n) is 4.10. The molecule has 0 bridgehead atoms. The summed E-state index contributed by atoms with van der Waals surface area (Å²) in [6, 6.07) is 7.65. The molecule has 1 amide bonds. The fourth-order valence-electron chi connectivity index (χ4n) is 2.61. The maximum absolute atomic E-state index is 11.9. The van der Waals surface area contributed by atoms with Crippen LogP contribution in [0.3, 0.4) is 0 Å². The minimum Gasteiger partial charge on any atom is -0.496 e. The monoisotopic (exact) mass is 317 g/mol. The molecule has 1 fully saturated rings. The molecule has 0 saturated carbocycles. The molecule has 1 saturated heterocycles. The Morgan fingerprint density at radius 2 is 2.00 bits per heavy atom. The van der Waals surface area contributed by atoms with Crippen LogP contribution in [0.2, 0.25) is 0 Å². The smallest absolute Gasteiger partial charge is 0.244 e. The van der Waals surface area contributed by atoms with Crippen molar-refractivity contribution in [2.75, 3.05) is 53.4 Å². The van der Waals surface area contributed by atoms with Gasteiger partial charge < -0.3 is 19.9 Å². The molecule has 1 aliphatic heterocycles. The molecule has 126 valence electrons. The summed E-state index contributed by atoms with van der Waals surface area (Å²) in [6.45, 7) is 6.27. The van der Waals surface area contributed by atoms with Crippen LogP contribution in [0.1, 0.15) is 12.0 Å². The molecule has 1 aromatic rings. The first-order valence-electron chi connectivity index (χ1n) is 8.19. The van der Waals surface area contributed by atoms with Crippen molar-refractivity contribution in [2.45, 2.75) is 6.42 Å². The number of nitrogens with one attached hydrogen (secondary N) is 1. The van der Waals surface area contributed by atoms with Crippen LogP contribution in [0.5, 0.6) is 5.75 Å². The van der Waals surface area contributed by atoms with Crippen LogP contribution in [-0.4, -0.2) is 69.1 Å². The van der Waals surface area contributed by atoms with E-state index in [-0.39, 0.29) is 5.91 Å². The van der Waals surface area contributed by atoms with E-state index in [9.17, 15) is 4.79 Å². The highest BCUT2D eigenvalue weighted by Gasteiger charge is 2.12. The highest BCUT2D eigenvalue weighted by molar-refractivity contribution is 5.92. The number of para-hydroxylation sites is 1. The Balaban J connectivity index is 1.66. The van der Waals surface area contributed by atoms with Crippen LogP contribution in [0.25, 0.3) is 6.08 Å². The van der Waals surface area contributed by atoms with Crippen LogP contribution in [-0.2, 0) is 4.79 Å². The van der Waals surface area contributed by atoms with Crippen LogP contribution >= 0.6 is 0 Å². The number of hydrogen-bond acceptors (Lipinski definition) is 4. The fourth-order valence-corrected chi connectivity index (χ4v) is 2.61. The molecule has 5 heteroatoms. The van der Waals surface area contributed by atoms with Gasteiger partial charge in [0.05, 0.1) is 7.11 Å². The number of methoxy groups -OCH3 is 1. The van der Waals surface area contributed by atoms with Gasteiger partial charge in [-0.05, 0) is 32.2 Å². The molecule has 1 aliphatic rings. The predicted octanol–water partition coefficient (Wildman–Crippen LogP) is 1.46. The highest BCUT2D eigenvalue weighted by Crippen LogP contribution is 2.18. The molecule has 0 atom stereocenters. The lowest BCUT2D eigenvalue weighted by Crippen LogP contribution is -2.45. The highest BCUT2D eigenvalue weighted by atomic mass is 16.5. The number of carbonyl (C=O) groups is 1. The van der Waals surface area contributed by atoms with Crippen LogP contribution in [0.15, 0.2) is 30.3 Å². The summed E-state index contributed by atoms with van der Waals surface area (Å²) in [6.07, 6.45) is 4.33. The minimum absolute atomic E-state index is 0.0608. The molecular weight excluding hydrogens is 290 g/mol. The van der Waals surface area contributed by atoms with E-state index in [1.54, 1.807) is 19.3 Å². The van der Waals surface area contributed by atoms with Crippen molar-refractivity contribution in [3.8, 4) is 5.75 Å². The van der Waals surface area contributed by atoms with Gasteiger partial charge in [-0.25, -0.2) is 0 Å². The zero-order chi connectivity index (χ0) is 16.5. The lowest BCUT2D eigenvalue weighted by molar-refractivity contribution is -0.116. The van der Waals surface area contributed by atoms with Crippen LogP contribution in [0.4, 0.5) is 0 Å². The van der Waals surface area contributed by atoms with Gasteiger partial charge in [-0.15, -0.1) is 0 Å². The molecule has 0 aliphatic carbocycles. The number of benzene rings is 1.